The molecular weight excluding hydrogens is 258 g/mol. The number of nitrogens with two attached hydrogens (primary N) is 1. The molecule has 0 aliphatic rings. The van der Waals surface area contributed by atoms with E-state index >= 15 is 0 Å². The van der Waals surface area contributed by atoms with Crippen LogP contribution in [0.25, 0.3) is 11.0 Å². The van der Waals surface area contributed by atoms with Gasteiger partial charge in [-0.3, -0.25) is 0 Å². The molecule has 0 fully saturated rings. The van der Waals surface area contributed by atoms with Crippen LogP contribution in [0, 0.1) is 0 Å². The predicted octanol–water partition coefficient (Wildman–Crippen LogP) is 1.93. The van der Waals surface area contributed by atoms with E-state index in [9.17, 15) is 4.21 Å². The molecule has 3 N–H and O–H groups in total. The summed E-state index contributed by atoms with van der Waals surface area (Å²) in [6.07, 6.45) is 0. The molecule has 94 valence electrons. The van der Waals surface area contributed by atoms with Gasteiger partial charge < -0.3 is 10.7 Å². The zero-order chi connectivity index (χ0) is 13.2. The molecule has 19 heavy (non-hydrogen) atoms. The summed E-state index contributed by atoms with van der Waals surface area (Å²) in [6, 6.07) is 14.9. The molecule has 2 aromatic carbocycles. The number of rotatable bonds is 2. The number of fused-ring (bicyclic) bond motifs is 1. The van der Waals surface area contributed by atoms with E-state index in [4.69, 9.17) is 5.73 Å². The van der Waals surface area contributed by atoms with Gasteiger partial charge in [0.05, 0.1) is 11.0 Å². The van der Waals surface area contributed by atoms with E-state index in [1.54, 1.807) is 6.07 Å². The molecule has 0 atom stereocenters. The van der Waals surface area contributed by atoms with Crippen molar-refractivity contribution in [3.8, 4) is 0 Å². The van der Waals surface area contributed by atoms with Crippen LogP contribution in [0.2, 0.25) is 0 Å². The monoisotopic (exact) mass is 269 g/mol. The first kappa shape index (κ1) is 11.7. The van der Waals surface area contributed by atoms with E-state index in [1.165, 1.54) is 0 Å². The lowest BCUT2D eigenvalue weighted by atomic mass is 10.1. The van der Waals surface area contributed by atoms with Crippen molar-refractivity contribution in [2.45, 2.75) is 0 Å². The standard InChI is InChI=1S/C14H11N3OS/c15-10-6-2-1-5-9(10)13(19-18)14-16-11-7-3-4-8-12(11)17-14/h1-8H,15H2,(H,16,17). The second kappa shape index (κ2) is 4.70. The van der Waals surface area contributed by atoms with Crippen LogP contribution in [0.5, 0.6) is 0 Å². The topological polar surface area (TPSA) is 71.8 Å². The Labute approximate surface area is 113 Å². The van der Waals surface area contributed by atoms with Gasteiger partial charge in [-0.15, -0.1) is 0 Å². The Kier molecular flexibility index (Phi) is 2.89. The highest BCUT2D eigenvalue weighted by atomic mass is 32.1. The van der Waals surface area contributed by atoms with E-state index < -0.39 is 0 Å². The van der Waals surface area contributed by atoms with Crippen LogP contribution in [0.15, 0.2) is 48.5 Å². The molecule has 1 aromatic heterocycles. The molecular formula is C14H11N3OS. The third-order valence-corrected chi connectivity index (χ3v) is 3.47. The SMILES string of the molecule is Nc1ccccc1C(=S=O)c1nc2ccccc2[nH]1. The molecule has 0 spiro atoms. The Balaban J connectivity index is 2.19. The summed E-state index contributed by atoms with van der Waals surface area (Å²) < 4.78 is 11.4. The van der Waals surface area contributed by atoms with Gasteiger partial charge in [0.1, 0.15) is 16.1 Å². The van der Waals surface area contributed by atoms with Crippen LogP contribution >= 0.6 is 0 Å². The van der Waals surface area contributed by atoms with Crippen LogP contribution in [-0.4, -0.2) is 19.0 Å². The number of hydrogen-bond acceptors (Lipinski definition) is 3. The summed E-state index contributed by atoms with van der Waals surface area (Å²) in [7, 11) is 0. The maximum Gasteiger partial charge on any atom is 0.152 e. The van der Waals surface area contributed by atoms with Gasteiger partial charge in [-0.05, 0) is 18.2 Å². The van der Waals surface area contributed by atoms with Gasteiger partial charge in [0, 0.05) is 11.3 Å². The van der Waals surface area contributed by atoms with Crippen molar-refractivity contribution < 1.29 is 4.21 Å². The van der Waals surface area contributed by atoms with Crippen molar-refractivity contribution in [3.63, 3.8) is 0 Å². The number of nitrogen functional groups attached to an aromatic ring is 1. The number of imidazole rings is 1. The van der Waals surface area contributed by atoms with Crippen LogP contribution in [0.1, 0.15) is 11.4 Å². The van der Waals surface area contributed by atoms with Gasteiger partial charge in [-0.2, -0.15) is 0 Å². The van der Waals surface area contributed by atoms with Crippen LogP contribution in [-0.2, 0) is 11.3 Å². The highest BCUT2D eigenvalue weighted by molar-refractivity contribution is 7.67. The minimum atomic E-state index is 0.398. The number of aromatic amines is 1. The van der Waals surface area contributed by atoms with E-state index in [-0.39, 0.29) is 0 Å². The second-order valence-corrected chi connectivity index (χ2v) is 4.68. The summed E-state index contributed by atoms with van der Waals surface area (Å²) in [6.45, 7) is 0. The smallest absolute Gasteiger partial charge is 0.152 e. The van der Waals surface area contributed by atoms with Gasteiger partial charge in [-0.1, -0.05) is 30.3 Å². The fraction of sp³-hybridized carbons (Fsp3) is 0. The van der Waals surface area contributed by atoms with Crippen molar-refractivity contribution in [2.24, 2.45) is 0 Å². The number of nitrogens with one attached hydrogen (secondary N) is 1. The van der Waals surface area contributed by atoms with Gasteiger partial charge in [0.25, 0.3) is 0 Å². The second-order valence-electron chi connectivity index (χ2n) is 4.10. The molecule has 4 nitrogen and oxygen atoms in total. The first-order chi connectivity index (χ1) is 9.29. The number of aromatic nitrogens is 2. The van der Waals surface area contributed by atoms with Gasteiger partial charge >= 0.3 is 0 Å². The Morgan fingerprint density at radius 3 is 2.58 bits per heavy atom. The molecule has 0 amide bonds. The molecule has 0 aliphatic carbocycles. The summed E-state index contributed by atoms with van der Waals surface area (Å²) in [5.41, 5.74) is 8.93. The van der Waals surface area contributed by atoms with Crippen molar-refractivity contribution in [1.82, 2.24) is 9.97 Å². The number of nitrogens with zero attached hydrogens (tertiary/aromatic N) is 1. The van der Waals surface area contributed by atoms with E-state index in [2.05, 4.69) is 9.97 Å². The summed E-state index contributed by atoms with van der Waals surface area (Å²) in [5.74, 6) is 0.555. The molecule has 0 unspecified atom stereocenters. The molecule has 3 aromatic rings. The maximum atomic E-state index is 11.4. The fourth-order valence-corrected chi connectivity index (χ4v) is 2.43. The number of hydrogen-bond donors (Lipinski definition) is 2. The van der Waals surface area contributed by atoms with E-state index in [0.717, 1.165) is 11.0 Å². The Hall–Kier alpha value is -2.40. The minimum Gasteiger partial charge on any atom is -0.398 e. The largest absolute Gasteiger partial charge is 0.398 e. The van der Waals surface area contributed by atoms with Crippen molar-refractivity contribution >= 4 is 32.8 Å². The quantitative estimate of drug-likeness (QED) is 0.424. The fourth-order valence-electron chi connectivity index (χ4n) is 1.98. The molecule has 0 saturated carbocycles. The first-order valence-corrected chi connectivity index (χ1v) is 6.50. The average Bonchev–Trinajstić information content (AvgIpc) is 2.85. The highest BCUT2D eigenvalue weighted by Crippen LogP contribution is 2.17. The van der Waals surface area contributed by atoms with Crippen molar-refractivity contribution in [1.29, 1.82) is 0 Å². The Morgan fingerprint density at radius 2 is 1.84 bits per heavy atom. The number of H-pyrrole nitrogens is 1. The first-order valence-electron chi connectivity index (χ1n) is 5.76. The number of anilines is 1. The lowest BCUT2D eigenvalue weighted by molar-refractivity contribution is 0.701. The lowest BCUT2D eigenvalue weighted by Crippen LogP contribution is -2.08. The molecule has 5 heteroatoms. The number of para-hydroxylation sites is 3. The third kappa shape index (κ3) is 2.04. The minimum absolute atomic E-state index is 0.398. The van der Waals surface area contributed by atoms with Gasteiger partial charge in [0.2, 0.25) is 0 Å². The van der Waals surface area contributed by atoms with Crippen LogP contribution in [0.4, 0.5) is 5.69 Å². The van der Waals surface area contributed by atoms with Crippen LogP contribution < -0.4 is 5.73 Å². The summed E-state index contributed by atoms with van der Waals surface area (Å²) >= 11 is 0.398. The molecule has 1 heterocycles. The van der Waals surface area contributed by atoms with Crippen molar-refractivity contribution in [2.75, 3.05) is 5.73 Å². The maximum absolute atomic E-state index is 11.4. The predicted molar refractivity (Wildman–Crippen MR) is 78.3 cm³/mol. The summed E-state index contributed by atoms with van der Waals surface area (Å²) in [4.78, 5) is 8.09. The third-order valence-electron chi connectivity index (χ3n) is 2.89. The number of benzene rings is 2. The molecule has 0 bridgehead atoms. The van der Waals surface area contributed by atoms with Gasteiger partial charge in [0.15, 0.2) is 5.82 Å². The Morgan fingerprint density at radius 1 is 1.11 bits per heavy atom. The van der Waals surface area contributed by atoms with Gasteiger partial charge in [-0.25, -0.2) is 9.19 Å². The van der Waals surface area contributed by atoms with E-state index in [1.807, 2.05) is 42.5 Å². The summed E-state index contributed by atoms with van der Waals surface area (Å²) in [5, 5.41) is 0. The zero-order valence-electron chi connectivity index (χ0n) is 9.96. The van der Waals surface area contributed by atoms with E-state index in [0.29, 0.717) is 33.2 Å². The van der Waals surface area contributed by atoms with Crippen LogP contribution in [0.3, 0.4) is 0 Å². The lowest BCUT2D eigenvalue weighted by Gasteiger charge is -2.03. The highest BCUT2D eigenvalue weighted by Gasteiger charge is 2.13. The van der Waals surface area contributed by atoms with Crippen molar-refractivity contribution in [3.05, 3.63) is 59.9 Å². The zero-order valence-corrected chi connectivity index (χ0v) is 10.8. The molecule has 0 saturated heterocycles. The molecule has 3 rings (SSSR count). The molecule has 0 aliphatic heterocycles. The average molecular weight is 269 g/mol. The Bertz CT molecular complexity index is 770. The molecule has 0 radical (unpaired) electrons. The normalized spacial score (nSPS) is 10.5.